The molecule has 1 saturated carbocycles. The smallest absolute Gasteiger partial charge is 0.218 e. The second-order valence-electron chi connectivity index (χ2n) is 5.30. The van der Waals surface area contributed by atoms with Crippen molar-refractivity contribution in [2.45, 2.75) is 18.8 Å². The second-order valence-corrected chi connectivity index (χ2v) is 5.30. The van der Waals surface area contributed by atoms with Crippen LogP contribution in [-0.4, -0.2) is 62.4 Å². The average Bonchev–Trinajstić information content (AvgIpc) is 3.23. The number of nitrogens with zero attached hydrogens (tertiary/aromatic N) is 3. The molecule has 0 atom stereocenters. The SMILES string of the molecule is COCCOc1cc(NCCN(C)C)nc(C2CC2)n1. The number of anilines is 1. The third-order valence-corrected chi connectivity index (χ3v) is 3.06. The fraction of sp³-hybridized carbons (Fsp3) is 0.714. The van der Waals surface area contributed by atoms with Gasteiger partial charge >= 0.3 is 0 Å². The Hall–Kier alpha value is -1.40. The fourth-order valence-electron chi connectivity index (χ4n) is 1.77. The van der Waals surface area contributed by atoms with Crippen molar-refractivity contribution in [3.63, 3.8) is 0 Å². The first kappa shape index (κ1) is 15.0. The fourth-order valence-corrected chi connectivity index (χ4v) is 1.77. The van der Waals surface area contributed by atoms with Gasteiger partial charge in [0, 0.05) is 32.2 Å². The van der Waals surface area contributed by atoms with Crippen molar-refractivity contribution in [3.05, 3.63) is 11.9 Å². The van der Waals surface area contributed by atoms with Crippen LogP contribution >= 0.6 is 0 Å². The van der Waals surface area contributed by atoms with Crippen LogP contribution in [0, 0.1) is 0 Å². The van der Waals surface area contributed by atoms with Crippen molar-refractivity contribution < 1.29 is 9.47 Å². The van der Waals surface area contributed by atoms with E-state index in [1.165, 1.54) is 12.8 Å². The summed E-state index contributed by atoms with van der Waals surface area (Å²) in [5.41, 5.74) is 0. The van der Waals surface area contributed by atoms with Crippen molar-refractivity contribution in [3.8, 4) is 5.88 Å². The zero-order valence-electron chi connectivity index (χ0n) is 12.6. The quantitative estimate of drug-likeness (QED) is 0.689. The van der Waals surface area contributed by atoms with Gasteiger partial charge in [0.1, 0.15) is 18.2 Å². The van der Waals surface area contributed by atoms with Gasteiger partial charge in [-0.05, 0) is 26.9 Å². The molecule has 1 fully saturated rings. The van der Waals surface area contributed by atoms with E-state index in [1.807, 2.05) is 6.07 Å². The Kier molecular flexibility index (Phi) is 5.55. The van der Waals surface area contributed by atoms with Gasteiger partial charge in [-0.15, -0.1) is 0 Å². The number of hydrogen-bond donors (Lipinski definition) is 1. The molecule has 1 aromatic rings. The molecule has 0 bridgehead atoms. The summed E-state index contributed by atoms with van der Waals surface area (Å²) < 4.78 is 10.6. The van der Waals surface area contributed by atoms with Crippen molar-refractivity contribution >= 4 is 5.82 Å². The van der Waals surface area contributed by atoms with Gasteiger partial charge < -0.3 is 19.7 Å². The molecule has 0 aliphatic heterocycles. The maximum atomic E-state index is 5.61. The van der Waals surface area contributed by atoms with Gasteiger partial charge in [0.15, 0.2) is 0 Å². The highest BCUT2D eigenvalue weighted by Crippen LogP contribution is 2.39. The van der Waals surface area contributed by atoms with Crippen LogP contribution < -0.4 is 10.1 Å². The first-order valence-corrected chi connectivity index (χ1v) is 7.08. The zero-order valence-corrected chi connectivity index (χ0v) is 12.6. The zero-order chi connectivity index (χ0) is 14.4. The van der Waals surface area contributed by atoms with Crippen LogP contribution in [0.4, 0.5) is 5.82 Å². The highest BCUT2D eigenvalue weighted by Gasteiger charge is 2.27. The van der Waals surface area contributed by atoms with Gasteiger partial charge in [-0.1, -0.05) is 0 Å². The summed E-state index contributed by atoms with van der Waals surface area (Å²) in [5, 5.41) is 3.33. The highest BCUT2D eigenvalue weighted by molar-refractivity contribution is 5.39. The van der Waals surface area contributed by atoms with Crippen LogP contribution in [0.5, 0.6) is 5.88 Å². The molecule has 1 heterocycles. The third kappa shape index (κ3) is 4.94. The first-order valence-electron chi connectivity index (χ1n) is 7.08. The molecule has 20 heavy (non-hydrogen) atoms. The molecule has 1 aliphatic rings. The van der Waals surface area contributed by atoms with E-state index in [9.17, 15) is 0 Å². The van der Waals surface area contributed by atoms with Gasteiger partial charge in [-0.25, -0.2) is 4.98 Å². The molecule has 1 N–H and O–H groups in total. The molecule has 112 valence electrons. The number of rotatable bonds is 9. The Bertz CT molecular complexity index is 422. The molecule has 0 saturated heterocycles. The highest BCUT2D eigenvalue weighted by atomic mass is 16.5. The van der Waals surface area contributed by atoms with Crippen LogP contribution in [0.15, 0.2) is 6.07 Å². The van der Waals surface area contributed by atoms with E-state index in [-0.39, 0.29) is 0 Å². The lowest BCUT2D eigenvalue weighted by Gasteiger charge is -2.13. The Morgan fingerprint density at radius 2 is 2.10 bits per heavy atom. The van der Waals surface area contributed by atoms with Crippen molar-refractivity contribution in [2.75, 3.05) is 52.8 Å². The average molecular weight is 280 g/mol. The van der Waals surface area contributed by atoms with Crippen LogP contribution in [0.1, 0.15) is 24.6 Å². The number of methoxy groups -OCH3 is 1. The summed E-state index contributed by atoms with van der Waals surface area (Å²) in [7, 11) is 5.76. The minimum absolute atomic E-state index is 0.509. The molecule has 0 unspecified atom stereocenters. The standard InChI is InChI=1S/C14H24N4O2/c1-18(2)7-6-15-12-10-13(20-9-8-19-3)17-14(16-12)11-4-5-11/h10-11H,4-9H2,1-3H3,(H,15,16,17). The van der Waals surface area contributed by atoms with E-state index < -0.39 is 0 Å². The summed E-state index contributed by atoms with van der Waals surface area (Å²) in [6, 6.07) is 1.86. The van der Waals surface area contributed by atoms with Crippen LogP contribution in [0.3, 0.4) is 0 Å². The number of nitrogens with one attached hydrogen (secondary N) is 1. The normalized spacial score (nSPS) is 14.6. The van der Waals surface area contributed by atoms with Gasteiger partial charge in [0.05, 0.1) is 6.61 Å². The molecular formula is C14H24N4O2. The van der Waals surface area contributed by atoms with Gasteiger partial charge in [-0.2, -0.15) is 4.98 Å². The summed E-state index contributed by atoms with van der Waals surface area (Å²) >= 11 is 0. The third-order valence-electron chi connectivity index (χ3n) is 3.06. The lowest BCUT2D eigenvalue weighted by molar-refractivity contribution is 0.143. The van der Waals surface area contributed by atoms with Gasteiger partial charge in [0.25, 0.3) is 0 Å². The number of likely N-dealkylation sites (N-methyl/N-ethyl adjacent to an activating group) is 1. The van der Waals surface area contributed by atoms with Crippen molar-refractivity contribution in [1.82, 2.24) is 14.9 Å². The Labute approximate surface area is 120 Å². The van der Waals surface area contributed by atoms with Gasteiger partial charge in [-0.3, -0.25) is 0 Å². The second kappa shape index (κ2) is 7.40. The van der Waals surface area contributed by atoms with E-state index in [4.69, 9.17) is 9.47 Å². The lowest BCUT2D eigenvalue weighted by Crippen LogP contribution is -2.21. The molecule has 2 rings (SSSR count). The molecule has 6 nitrogen and oxygen atoms in total. The van der Waals surface area contributed by atoms with E-state index in [0.29, 0.717) is 25.0 Å². The molecule has 0 amide bonds. The Morgan fingerprint density at radius 3 is 2.75 bits per heavy atom. The summed E-state index contributed by atoms with van der Waals surface area (Å²) in [6.07, 6.45) is 2.36. The Morgan fingerprint density at radius 1 is 1.30 bits per heavy atom. The molecule has 1 aliphatic carbocycles. The van der Waals surface area contributed by atoms with E-state index in [0.717, 1.165) is 24.7 Å². The first-order chi connectivity index (χ1) is 9.69. The molecule has 6 heteroatoms. The largest absolute Gasteiger partial charge is 0.475 e. The lowest BCUT2D eigenvalue weighted by atomic mass is 10.4. The summed E-state index contributed by atoms with van der Waals surface area (Å²) in [4.78, 5) is 11.2. The van der Waals surface area contributed by atoms with Gasteiger partial charge in [0.2, 0.25) is 5.88 Å². The number of hydrogen-bond acceptors (Lipinski definition) is 6. The summed E-state index contributed by atoms with van der Waals surface area (Å²) in [5.74, 6) is 2.88. The molecular weight excluding hydrogens is 256 g/mol. The number of aromatic nitrogens is 2. The maximum absolute atomic E-state index is 5.61. The van der Waals surface area contributed by atoms with Crippen molar-refractivity contribution in [2.24, 2.45) is 0 Å². The predicted octanol–water partition coefficient (Wildman–Crippen LogP) is 1.35. The van der Waals surface area contributed by atoms with Crippen molar-refractivity contribution in [1.29, 1.82) is 0 Å². The molecule has 0 spiro atoms. The Balaban J connectivity index is 1.97. The molecule has 0 radical (unpaired) electrons. The number of ether oxygens (including phenoxy) is 2. The van der Waals surface area contributed by atoms with E-state index in [2.05, 4.69) is 34.3 Å². The molecule has 0 aromatic carbocycles. The monoisotopic (exact) mass is 280 g/mol. The minimum atomic E-state index is 0.509. The topological polar surface area (TPSA) is 59.5 Å². The maximum Gasteiger partial charge on any atom is 0.218 e. The minimum Gasteiger partial charge on any atom is -0.475 e. The van der Waals surface area contributed by atoms with E-state index in [1.54, 1.807) is 7.11 Å². The van der Waals surface area contributed by atoms with Crippen LogP contribution in [0.25, 0.3) is 0 Å². The predicted molar refractivity (Wildman–Crippen MR) is 78.4 cm³/mol. The summed E-state index contributed by atoms with van der Waals surface area (Å²) in [6.45, 7) is 2.88. The van der Waals surface area contributed by atoms with Crippen LogP contribution in [0.2, 0.25) is 0 Å². The molecule has 1 aromatic heterocycles. The van der Waals surface area contributed by atoms with E-state index >= 15 is 0 Å². The van der Waals surface area contributed by atoms with Crippen LogP contribution in [-0.2, 0) is 4.74 Å².